The van der Waals surface area contributed by atoms with Crippen molar-refractivity contribution >= 4 is 0 Å². The summed E-state index contributed by atoms with van der Waals surface area (Å²) < 4.78 is 0. The van der Waals surface area contributed by atoms with Crippen LogP contribution < -0.4 is 5.73 Å². The molecule has 0 aliphatic heterocycles. The van der Waals surface area contributed by atoms with Gasteiger partial charge in [0.1, 0.15) is 0 Å². The summed E-state index contributed by atoms with van der Waals surface area (Å²) in [6.07, 6.45) is 8.12. The molecule has 0 amide bonds. The molecule has 0 atom stereocenters. The summed E-state index contributed by atoms with van der Waals surface area (Å²) >= 11 is 0. The van der Waals surface area contributed by atoms with Crippen molar-refractivity contribution < 1.29 is 0 Å². The standard InChI is InChI=1S/C12H26N2/c1-3-9-14(2)11-12(10-13)7-5-4-6-8-12/h3-11,13H2,1-2H3. The Balaban J connectivity index is 2.42. The summed E-state index contributed by atoms with van der Waals surface area (Å²) in [5, 5.41) is 0. The average molecular weight is 198 g/mol. The molecule has 1 rings (SSSR count). The minimum absolute atomic E-state index is 0.447. The van der Waals surface area contributed by atoms with Crippen LogP contribution in [0.4, 0.5) is 0 Å². The third-order valence-electron chi connectivity index (χ3n) is 3.56. The SMILES string of the molecule is CCCN(C)CC1(CN)CCCCC1. The highest BCUT2D eigenvalue weighted by Gasteiger charge is 2.31. The van der Waals surface area contributed by atoms with E-state index in [2.05, 4.69) is 18.9 Å². The molecule has 2 N–H and O–H groups in total. The first-order valence-electron chi connectivity index (χ1n) is 6.11. The van der Waals surface area contributed by atoms with Crippen molar-refractivity contribution in [2.24, 2.45) is 11.1 Å². The van der Waals surface area contributed by atoms with E-state index in [0.717, 1.165) is 6.54 Å². The van der Waals surface area contributed by atoms with Gasteiger partial charge < -0.3 is 10.6 Å². The molecule has 0 aromatic heterocycles. The van der Waals surface area contributed by atoms with Gasteiger partial charge in [-0.3, -0.25) is 0 Å². The first kappa shape index (κ1) is 12.0. The molecule has 1 fully saturated rings. The second kappa shape index (κ2) is 5.72. The van der Waals surface area contributed by atoms with E-state index in [1.165, 1.54) is 51.6 Å². The summed E-state index contributed by atoms with van der Waals surface area (Å²) in [7, 11) is 2.23. The van der Waals surface area contributed by atoms with E-state index < -0.39 is 0 Å². The minimum atomic E-state index is 0.447. The van der Waals surface area contributed by atoms with Crippen molar-refractivity contribution in [3.05, 3.63) is 0 Å². The van der Waals surface area contributed by atoms with Crippen LogP contribution in [-0.2, 0) is 0 Å². The number of nitrogens with two attached hydrogens (primary N) is 1. The lowest BCUT2D eigenvalue weighted by Crippen LogP contribution is -2.42. The average Bonchev–Trinajstić information content (AvgIpc) is 2.19. The maximum Gasteiger partial charge on any atom is 0.00470 e. The van der Waals surface area contributed by atoms with Crippen LogP contribution in [0.25, 0.3) is 0 Å². The Hall–Kier alpha value is -0.0800. The van der Waals surface area contributed by atoms with Gasteiger partial charge in [0.25, 0.3) is 0 Å². The molecule has 1 aliphatic carbocycles. The maximum atomic E-state index is 5.96. The molecule has 0 aromatic carbocycles. The molecule has 0 heterocycles. The monoisotopic (exact) mass is 198 g/mol. The predicted octanol–water partition coefficient (Wildman–Crippen LogP) is 2.24. The number of hydrogen-bond donors (Lipinski definition) is 1. The second-order valence-corrected chi connectivity index (χ2v) is 5.00. The molecule has 84 valence electrons. The lowest BCUT2D eigenvalue weighted by atomic mass is 9.74. The zero-order valence-electron chi connectivity index (χ0n) is 9.89. The Morgan fingerprint density at radius 2 is 1.86 bits per heavy atom. The molecule has 0 unspecified atom stereocenters. The van der Waals surface area contributed by atoms with Gasteiger partial charge in [-0.15, -0.1) is 0 Å². The van der Waals surface area contributed by atoms with Crippen LogP contribution in [0, 0.1) is 5.41 Å². The normalized spacial score (nSPS) is 21.4. The highest BCUT2D eigenvalue weighted by molar-refractivity contribution is 4.86. The lowest BCUT2D eigenvalue weighted by Gasteiger charge is -2.39. The Morgan fingerprint density at radius 3 is 2.36 bits per heavy atom. The van der Waals surface area contributed by atoms with E-state index in [4.69, 9.17) is 5.73 Å². The van der Waals surface area contributed by atoms with E-state index in [-0.39, 0.29) is 0 Å². The van der Waals surface area contributed by atoms with Gasteiger partial charge in [0.05, 0.1) is 0 Å². The van der Waals surface area contributed by atoms with Crippen molar-refractivity contribution in [3.63, 3.8) is 0 Å². The van der Waals surface area contributed by atoms with Crippen molar-refractivity contribution in [3.8, 4) is 0 Å². The summed E-state index contributed by atoms with van der Waals surface area (Å²) in [5.41, 5.74) is 6.40. The first-order chi connectivity index (χ1) is 6.72. The van der Waals surface area contributed by atoms with Gasteiger partial charge in [0, 0.05) is 6.54 Å². The van der Waals surface area contributed by atoms with Crippen molar-refractivity contribution in [2.45, 2.75) is 45.4 Å². The van der Waals surface area contributed by atoms with E-state index >= 15 is 0 Å². The second-order valence-electron chi connectivity index (χ2n) is 5.00. The van der Waals surface area contributed by atoms with Gasteiger partial charge in [-0.25, -0.2) is 0 Å². The van der Waals surface area contributed by atoms with Gasteiger partial charge in [0.15, 0.2) is 0 Å². The number of nitrogens with zero attached hydrogens (tertiary/aromatic N) is 1. The Bertz CT molecular complexity index is 150. The number of hydrogen-bond acceptors (Lipinski definition) is 2. The molecule has 0 saturated heterocycles. The maximum absolute atomic E-state index is 5.96. The Kier molecular flexibility index (Phi) is 4.90. The molecular weight excluding hydrogens is 172 g/mol. The fourth-order valence-electron chi connectivity index (χ4n) is 2.76. The van der Waals surface area contributed by atoms with Crippen LogP contribution >= 0.6 is 0 Å². The highest BCUT2D eigenvalue weighted by Crippen LogP contribution is 2.35. The molecule has 0 spiro atoms. The third kappa shape index (κ3) is 3.25. The van der Waals surface area contributed by atoms with Gasteiger partial charge in [-0.2, -0.15) is 0 Å². The molecule has 1 aliphatic rings. The Labute approximate surface area is 88.8 Å². The summed E-state index contributed by atoms with van der Waals surface area (Å²) in [4.78, 5) is 2.46. The van der Waals surface area contributed by atoms with Crippen molar-refractivity contribution in [1.82, 2.24) is 4.90 Å². The van der Waals surface area contributed by atoms with Crippen LogP contribution in [0.3, 0.4) is 0 Å². The third-order valence-corrected chi connectivity index (χ3v) is 3.56. The van der Waals surface area contributed by atoms with E-state index in [0.29, 0.717) is 5.41 Å². The fraction of sp³-hybridized carbons (Fsp3) is 1.00. The van der Waals surface area contributed by atoms with Crippen LogP contribution in [0.5, 0.6) is 0 Å². The van der Waals surface area contributed by atoms with Crippen LogP contribution in [0.15, 0.2) is 0 Å². The van der Waals surface area contributed by atoms with Gasteiger partial charge in [0.2, 0.25) is 0 Å². The topological polar surface area (TPSA) is 29.3 Å². The Morgan fingerprint density at radius 1 is 1.21 bits per heavy atom. The summed E-state index contributed by atoms with van der Waals surface area (Å²) in [5.74, 6) is 0. The van der Waals surface area contributed by atoms with Crippen LogP contribution in [0.2, 0.25) is 0 Å². The zero-order valence-corrected chi connectivity index (χ0v) is 9.89. The van der Waals surface area contributed by atoms with Crippen molar-refractivity contribution in [1.29, 1.82) is 0 Å². The molecule has 2 heteroatoms. The van der Waals surface area contributed by atoms with Crippen LogP contribution in [0.1, 0.15) is 45.4 Å². The highest BCUT2D eigenvalue weighted by atomic mass is 15.1. The molecule has 2 nitrogen and oxygen atoms in total. The number of rotatable bonds is 5. The predicted molar refractivity (Wildman–Crippen MR) is 62.4 cm³/mol. The van der Waals surface area contributed by atoms with Gasteiger partial charge in [-0.1, -0.05) is 26.2 Å². The summed E-state index contributed by atoms with van der Waals surface area (Å²) in [6, 6.07) is 0. The smallest absolute Gasteiger partial charge is 0.00470 e. The van der Waals surface area contributed by atoms with E-state index in [1.54, 1.807) is 0 Å². The molecule has 14 heavy (non-hydrogen) atoms. The fourth-order valence-corrected chi connectivity index (χ4v) is 2.76. The zero-order chi connectivity index (χ0) is 10.4. The molecule has 0 radical (unpaired) electrons. The van der Waals surface area contributed by atoms with Crippen molar-refractivity contribution in [2.75, 3.05) is 26.7 Å². The molecular formula is C12H26N2. The molecule has 1 saturated carbocycles. The van der Waals surface area contributed by atoms with Crippen LogP contribution in [-0.4, -0.2) is 31.6 Å². The molecule has 0 bridgehead atoms. The van der Waals surface area contributed by atoms with Gasteiger partial charge in [-0.05, 0) is 44.8 Å². The van der Waals surface area contributed by atoms with E-state index in [1.807, 2.05) is 0 Å². The minimum Gasteiger partial charge on any atom is -0.330 e. The molecule has 0 aromatic rings. The van der Waals surface area contributed by atoms with Gasteiger partial charge >= 0.3 is 0 Å². The largest absolute Gasteiger partial charge is 0.330 e. The lowest BCUT2D eigenvalue weighted by molar-refractivity contribution is 0.128. The summed E-state index contributed by atoms with van der Waals surface area (Å²) in [6.45, 7) is 5.53. The first-order valence-corrected chi connectivity index (χ1v) is 6.11. The van der Waals surface area contributed by atoms with E-state index in [9.17, 15) is 0 Å². The quantitative estimate of drug-likeness (QED) is 0.734.